The number of rotatable bonds is 7. The van der Waals surface area contributed by atoms with E-state index in [1.54, 1.807) is 48.8 Å². The van der Waals surface area contributed by atoms with Crippen molar-refractivity contribution in [1.29, 1.82) is 0 Å². The number of nitrogens with zero attached hydrogens (tertiary/aromatic N) is 2. The molecule has 7 heteroatoms. The summed E-state index contributed by atoms with van der Waals surface area (Å²) in [6.45, 7) is 2.64. The second kappa shape index (κ2) is 11.0. The minimum Gasteiger partial charge on any atom is -0.507 e. The van der Waals surface area contributed by atoms with Crippen LogP contribution in [0.4, 0.5) is 0 Å². The third-order valence-corrected chi connectivity index (χ3v) is 6.92. The molecule has 4 aromatic rings. The molecule has 2 heterocycles. The van der Waals surface area contributed by atoms with Crippen molar-refractivity contribution in [1.82, 2.24) is 9.88 Å². The van der Waals surface area contributed by atoms with Crippen molar-refractivity contribution in [3.05, 3.63) is 135 Å². The number of aromatic nitrogens is 1. The highest BCUT2D eigenvalue weighted by molar-refractivity contribution is 9.10. The van der Waals surface area contributed by atoms with Gasteiger partial charge in [0.1, 0.15) is 18.1 Å². The van der Waals surface area contributed by atoms with E-state index in [9.17, 15) is 14.7 Å². The topological polar surface area (TPSA) is 79.7 Å². The third kappa shape index (κ3) is 5.38. The van der Waals surface area contributed by atoms with Gasteiger partial charge in [-0.3, -0.25) is 14.6 Å². The zero-order valence-electron chi connectivity index (χ0n) is 20.7. The van der Waals surface area contributed by atoms with Crippen LogP contribution in [-0.4, -0.2) is 26.7 Å². The smallest absolute Gasteiger partial charge is 0.295 e. The number of ketones is 1. The fraction of sp³-hybridized carbons (Fsp3) is 0.129. The Balaban J connectivity index is 1.47. The van der Waals surface area contributed by atoms with Crippen LogP contribution in [0, 0.1) is 6.92 Å². The Kier molecular flexibility index (Phi) is 7.38. The number of pyridine rings is 1. The molecule has 1 aromatic heterocycles. The van der Waals surface area contributed by atoms with E-state index < -0.39 is 17.7 Å². The van der Waals surface area contributed by atoms with Crippen molar-refractivity contribution in [2.45, 2.75) is 26.1 Å². The summed E-state index contributed by atoms with van der Waals surface area (Å²) in [6, 6.07) is 25.2. The fourth-order valence-corrected chi connectivity index (χ4v) is 5.00. The summed E-state index contributed by atoms with van der Waals surface area (Å²) in [5.74, 6) is -0.978. The fourth-order valence-electron chi connectivity index (χ4n) is 4.58. The molecule has 0 bridgehead atoms. The molecule has 5 rings (SSSR count). The first-order valence-corrected chi connectivity index (χ1v) is 12.9. The Morgan fingerprint density at radius 1 is 0.947 bits per heavy atom. The number of ether oxygens (including phenoxy) is 1. The number of hydrogen-bond acceptors (Lipinski definition) is 5. The molecule has 6 nitrogen and oxygen atoms in total. The maximum absolute atomic E-state index is 13.3. The molecule has 1 aliphatic heterocycles. The van der Waals surface area contributed by atoms with Crippen LogP contribution in [0.15, 0.2) is 107 Å². The number of Topliss-reactive ketones (excluding diaryl/α,β-unsaturated/α-hetero) is 1. The van der Waals surface area contributed by atoms with Crippen molar-refractivity contribution in [2.24, 2.45) is 0 Å². The summed E-state index contributed by atoms with van der Waals surface area (Å²) in [6.07, 6.45) is 3.28. The van der Waals surface area contributed by atoms with Gasteiger partial charge in [0.15, 0.2) is 0 Å². The first-order valence-electron chi connectivity index (χ1n) is 12.1. The van der Waals surface area contributed by atoms with E-state index in [0.717, 1.165) is 21.2 Å². The maximum Gasteiger partial charge on any atom is 0.295 e. The number of carbonyl (C=O) groups excluding carboxylic acids is 2. The van der Waals surface area contributed by atoms with Gasteiger partial charge < -0.3 is 14.7 Å². The highest BCUT2D eigenvalue weighted by Gasteiger charge is 2.46. The van der Waals surface area contributed by atoms with Crippen LogP contribution < -0.4 is 4.74 Å². The van der Waals surface area contributed by atoms with Gasteiger partial charge in [-0.15, -0.1) is 0 Å². The van der Waals surface area contributed by atoms with Gasteiger partial charge >= 0.3 is 0 Å². The standard InChI is InChI=1S/C31H25BrN2O4/c1-20-4-2-5-22(16-20)19-38-26-10-8-23(9-11-26)29(35)27-28(24-6-3-7-25(32)17-24)34(31(37)30(27)36)18-21-12-14-33-15-13-21/h2-17,28,35H,18-19H2,1H3/t28-/m1/s1. The Bertz CT molecular complexity index is 1520. The number of amides is 1. The average Bonchev–Trinajstić information content (AvgIpc) is 3.17. The molecule has 0 radical (unpaired) electrons. The Morgan fingerprint density at radius 3 is 2.39 bits per heavy atom. The highest BCUT2D eigenvalue weighted by atomic mass is 79.9. The second-order valence-electron chi connectivity index (χ2n) is 9.14. The van der Waals surface area contributed by atoms with E-state index in [1.165, 1.54) is 4.90 Å². The van der Waals surface area contributed by atoms with Gasteiger partial charge in [0.25, 0.3) is 11.7 Å². The number of carbonyl (C=O) groups is 2. The molecule has 38 heavy (non-hydrogen) atoms. The lowest BCUT2D eigenvalue weighted by Crippen LogP contribution is -2.29. The van der Waals surface area contributed by atoms with Crippen LogP contribution in [0.25, 0.3) is 5.76 Å². The van der Waals surface area contributed by atoms with Gasteiger partial charge in [-0.1, -0.05) is 57.9 Å². The Hall–Kier alpha value is -4.23. The summed E-state index contributed by atoms with van der Waals surface area (Å²) in [4.78, 5) is 32.0. The zero-order chi connectivity index (χ0) is 26.6. The third-order valence-electron chi connectivity index (χ3n) is 6.42. The van der Waals surface area contributed by atoms with Gasteiger partial charge in [-0.25, -0.2) is 0 Å². The lowest BCUT2D eigenvalue weighted by molar-refractivity contribution is -0.140. The summed E-state index contributed by atoms with van der Waals surface area (Å²) < 4.78 is 6.70. The molecule has 0 saturated carbocycles. The molecule has 1 N–H and O–H groups in total. The predicted molar refractivity (Wildman–Crippen MR) is 148 cm³/mol. The first-order chi connectivity index (χ1) is 18.4. The molecule has 0 aliphatic carbocycles. The number of hydrogen-bond donors (Lipinski definition) is 1. The lowest BCUT2D eigenvalue weighted by Gasteiger charge is -2.25. The van der Waals surface area contributed by atoms with Crippen LogP contribution in [0.5, 0.6) is 5.75 Å². The van der Waals surface area contributed by atoms with Crippen LogP contribution in [0.2, 0.25) is 0 Å². The normalized spacial score (nSPS) is 16.6. The number of likely N-dealkylation sites (tertiary alicyclic amines) is 1. The molecule has 0 unspecified atom stereocenters. The molecule has 1 fully saturated rings. The molecule has 0 spiro atoms. The van der Waals surface area contributed by atoms with Crippen LogP contribution in [0.3, 0.4) is 0 Å². The molecule has 3 aromatic carbocycles. The monoisotopic (exact) mass is 568 g/mol. The van der Waals surface area contributed by atoms with Crippen molar-refractivity contribution in [3.63, 3.8) is 0 Å². The van der Waals surface area contributed by atoms with Gasteiger partial charge in [-0.05, 0) is 72.1 Å². The van der Waals surface area contributed by atoms with E-state index >= 15 is 0 Å². The van der Waals surface area contributed by atoms with Gasteiger partial charge in [-0.2, -0.15) is 0 Å². The van der Waals surface area contributed by atoms with E-state index in [0.29, 0.717) is 23.5 Å². The van der Waals surface area contributed by atoms with Crippen molar-refractivity contribution < 1.29 is 19.4 Å². The first kappa shape index (κ1) is 25.4. The number of halogens is 1. The van der Waals surface area contributed by atoms with Gasteiger partial charge in [0.2, 0.25) is 0 Å². The van der Waals surface area contributed by atoms with Crippen LogP contribution in [-0.2, 0) is 22.7 Å². The van der Waals surface area contributed by atoms with E-state index in [2.05, 4.69) is 27.0 Å². The Labute approximate surface area is 229 Å². The summed E-state index contributed by atoms with van der Waals surface area (Å²) >= 11 is 3.48. The summed E-state index contributed by atoms with van der Waals surface area (Å²) in [5.41, 5.74) is 4.24. The number of aliphatic hydroxyl groups excluding tert-OH is 1. The van der Waals surface area contributed by atoms with Crippen molar-refractivity contribution in [2.75, 3.05) is 0 Å². The van der Waals surface area contributed by atoms with E-state index in [-0.39, 0.29) is 17.9 Å². The molecule has 1 saturated heterocycles. The number of aliphatic hydroxyl groups is 1. The minimum atomic E-state index is -0.752. The molecule has 190 valence electrons. The van der Waals surface area contributed by atoms with Crippen LogP contribution >= 0.6 is 15.9 Å². The Morgan fingerprint density at radius 2 is 1.68 bits per heavy atom. The van der Waals surface area contributed by atoms with Gasteiger partial charge in [0, 0.05) is 29.0 Å². The zero-order valence-corrected chi connectivity index (χ0v) is 22.3. The van der Waals surface area contributed by atoms with Gasteiger partial charge in [0.05, 0.1) is 11.6 Å². The second-order valence-corrected chi connectivity index (χ2v) is 10.1. The predicted octanol–water partition coefficient (Wildman–Crippen LogP) is 6.35. The molecular formula is C31H25BrN2O4. The molecular weight excluding hydrogens is 544 g/mol. The quantitative estimate of drug-likeness (QED) is 0.159. The molecule has 1 amide bonds. The number of benzene rings is 3. The van der Waals surface area contributed by atoms with Crippen molar-refractivity contribution >= 4 is 33.4 Å². The number of aryl methyl sites for hydroxylation is 1. The average molecular weight is 569 g/mol. The molecule has 1 atom stereocenters. The van der Waals surface area contributed by atoms with Crippen molar-refractivity contribution in [3.8, 4) is 5.75 Å². The van der Waals surface area contributed by atoms with Crippen LogP contribution in [0.1, 0.15) is 33.9 Å². The molecule has 1 aliphatic rings. The SMILES string of the molecule is Cc1cccc(COc2ccc(C(O)=C3C(=O)C(=O)N(Cc4ccncc4)[C@@H]3c3cccc(Br)c3)cc2)c1. The maximum atomic E-state index is 13.3. The lowest BCUT2D eigenvalue weighted by atomic mass is 9.95. The largest absolute Gasteiger partial charge is 0.507 e. The summed E-state index contributed by atoms with van der Waals surface area (Å²) in [5, 5.41) is 11.3. The summed E-state index contributed by atoms with van der Waals surface area (Å²) in [7, 11) is 0. The van der Waals surface area contributed by atoms with E-state index in [1.807, 2.05) is 49.4 Å². The highest BCUT2D eigenvalue weighted by Crippen LogP contribution is 2.41. The minimum absolute atomic E-state index is 0.0515. The van der Waals surface area contributed by atoms with E-state index in [4.69, 9.17) is 4.74 Å².